The Morgan fingerprint density at radius 1 is 1.18 bits per heavy atom. The van der Waals surface area contributed by atoms with Gasteiger partial charge in [-0.25, -0.2) is 9.97 Å². The molecule has 2 aliphatic rings. The zero-order chi connectivity index (χ0) is 19.2. The number of likely N-dealkylation sites (tertiary alicyclic amines) is 1. The number of fused-ring (bicyclic) bond motifs is 1. The lowest BCUT2D eigenvalue weighted by Crippen LogP contribution is -2.43. The lowest BCUT2D eigenvalue weighted by molar-refractivity contribution is -0.125. The molecule has 0 bridgehead atoms. The van der Waals surface area contributed by atoms with Gasteiger partial charge in [0.1, 0.15) is 10.3 Å². The molecule has 2 saturated heterocycles. The number of pyridine rings is 1. The highest BCUT2D eigenvalue weighted by Gasteiger charge is 2.27. The van der Waals surface area contributed by atoms with Crippen molar-refractivity contribution in [2.75, 3.05) is 44.2 Å². The van der Waals surface area contributed by atoms with Gasteiger partial charge in [-0.1, -0.05) is 24.2 Å². The molecule has 0 aliphatic carbocycles. The number of aromatic nitrogens is 2. The second-order valence-corrected chi connectivity index (χ2v) is 8.97. The summed E-state index contributed by atoms with van der Waals surface area (Å²) < 4.78 is 0. The van der Waals surface area contributed by atoms with E-state index in [2.05, 4.69) is 20.1 Å². The van der Waals surface area contributed by atoms with Gasteiger partial charge in [-0.3, -0.25) is 4.79 Å². The van der Waals surface area contributed by atoms with Crippen molar-refractivity contribution in [3.63, 3.8) is 0 Å². The van der Waals surface area contributed by atoms with Gasteiger partial charge in [-0.2, -0.15) is 0 Å². The highest BCUT2D eigenvalue weighted by Crippen LogP contribution is 2.30. The van der Waals surface area contributed by atoms with E-state index in [0.29, 0.717) is 0 Å². The summed E-state index contributed by atoms with van der Waals surface area (Å²) in [6.07, 6.45) is 10.3. The minimum absolute atomic E-state index is 0.0620. The van der Waals surface area contributed by atoms with Crippen LogP contribution in [0.2, 0.25) is 0 Å². The Bertz CT molecular complexity index is 738. The van der Waals surface area contributed by atoms with Gasteiger partial charge in [0.2, 0.25) is 5.91 Å². The quantitative estimate of drug-likeness (QED) is 0.753. The van der Waals surface area contributed by atoms with Crippen LogP contribution in [-0.4, -0.2) is 60.0 Å². The summed E-state index contributed by atoms with van der Waals surface area (Å²) in [6.45, 7) is 6.08. The Morgan fingerprint density at radius 2 is 2.04 bits per heavy atom. The first-order chi connectivity index (χ1) is 13.8. The lowest BCUT2D eigenvalue weighted by Gasteiger charge is -2.31. The smallest absolute Gasteiger partial charge is 0.224 e. The first-order valence-corrected chi connectivity index (χ1v) is 11.6. The lowest BCUT2D eigenvalue weighted by atomic mass is 9.97. The topological polar surface area (TPSA) is 61.4 Å². The number of hydrogen-bond acceptors (Lipinski definition) is 6. The SMILES string of the molecule is O=C(NCCCN1CCCCCC1)C1CCCN(c2nc3cccnc3s2)C1. The molecule has 1 N–H and O–H groups in total. The summed E-state index contributed by atoms with van der Waals surface area (Å²) in [5, 5.41) is 4.18. The number of anilines is 1. The fourth-order valence-electron chi connectivity index (χ4n) is 4.28. The molecule has 4 heterocycles. The molecule has 0 aromatic carbocycles. The predicted octanol–water partition coefficient (Wildman–Crippen LogP) is 3.29. The molecule has 0 spiro atoms. The van der Waals surface area contributed by atoms with Gasteiger partial charge in [0.05, 0.1) is 5.92 Å². The molecule has 0 saturated carbocycles. The number of amides is 1. The van der Waals surface area contributed by atoms with Crippen molar-refractivity contribution < 1.29 is 4.79 Å². The zero-order valence-electron chi connectivity index (χ0n) is 16.6. The molecule has 2 aliphatic heterocycles. The van der Waals surface area contributed by atoms with Crippen molar-refractivity contribution in [2.24, 2.45) is 5.92 Å². The van der Waals surface area contributed by atoms with Crippen LogP contribution in [0, 0.1) is 5.92 Å². The summed E-state index contributed by atoms with van der Waals surface area (Å²) in [6, 6.07) is 3.92. The number of carbonyl (C=O) groups excluding carboxylic acids is 1. The Hall–Kier alpha value is -1.73. The van der Waals surface area contributed by atoms with Gasteiger partial charge in [0.25, 0.3) is 0 Å². The molecule has 2 aromatic heterocycles. The van der Waals surface area contributed by atoms with Crippen LogP contribution in [0.1, 0.15) is 44.9 Å². The molecular weight excluding hydrogens is 370 g/mol. The van der Waals surface area contributed by atoms with Crippen LogP contribution in [0.3, 0.4) is 0 Å². The maximum atomic E-state index is 12.7. The highest BCUT2D eigenvalue weighted by atomic mass is 32.1. The Labute approximate surface area is 171 Å². The molecule has 1 atom stereocenters. The highest BCUT2D eigenvalue weighted by molar-refractivity contribution is 7.21. The second kappa shape index (κ2) is 9.65. The van der Waals surface area contributed by atoms with E-state index in [4.69, 9.17) is 4.98 Å². The van der Waals surface area contributed by atoms with E-state index in [9.17, 15) is 4.79 Å². The summed E-state index contributed by atoms with van der Waals surface area (Å²) in [5.41, 5.74) is 0.947. The van der Waals surface area contributed by atoms with E-state index in [1.54, 1.807) is 11.3 Å². The third kappa shape index (κ3) is 5.00. The van der Waals surface area contributed by atoms with E-state index in [0.717, 1.165) is 60.9 Å². The summed E-state index contributed by atoms with van der Waals surface area (Å²) in [7, 11) is 0. The number of hydrogen-bond donors (Lipinski definition) is 1. The van der Waals surface area contributed by atoms with Crippen molar-refractivity contribution >= 4 is 32.7 Å². The summed E-state index contributed by atoms with van der Waals surface area (Å²) in [4.78, 5) is 27.6. The third-order valence-corrected chi connectivity index (χ3v) is 6.91. The van der Waals surface area contributed by atoms with Crippen LogP contribution in [0.25, 0.3) is 10.3 Å². The maximum absolute atomic E-state index is 12.7. The molecule has 2 aromatic rings. The molecule has 7 heteroatoms. The van der Waals surface area contributed by atoms with Crippen LogP contribution in [0.5, 0.6) is 0 Å². The number of rotatable bonds is 6. The minimum Gasteiger partial charge on any atom is -0.356 e. The summed E-state index contributed by atoms with van der Waals surface area (Å²) >= 11 is 1.62. The molecule has 1 amide bonds. The molecule has 1 unspecified atom stereocenters. The third-order valence-electron chi connectivity index (χ3n) is 5.87. The molecule has 6 nitrogen and oxygen atoms in total. The van der Waals surface area contributed by atoms with Crippen molar-refractivity contribution in [3.8, 4) is 0 Å². The van der Waals surface area contributed by atoms with Gasteiger partial charge < -0.3 is 15.1 Å². The number of nitrogens with zero attached hydrogens (tertiary/aromatic N) is 4. The fraction of sp³-hybridized carbons (Fsp3) is 0.667. The van der Waals surface area contributed by atoms with Crippen molar-refractivity contribution in [3.05, 3.63) is 18.3 Å². The van der Waals surface area contributed by atoms with Gasteiger partial charge in [-0.15, -0.1) is 0 Å². The van der Waals surface area contributed by atoms with Gasteiger partial charge in [0, 0.05) is 25.8 Å². The number of piperidine rings is 1. The first kappa shape index (κ1) is 19.6. The molecular formula is C21H31N5OS. The Balaban J connectivity index is 1.24. The van der Waals surface area contributed by atoms with E-state index in [1.165, 1.54) is 38.8 Å². The monoisotopic (exact) mass is 401 g/mol. The molecule has 152 valence electrons. The van der Waals surface area contributed by atoms with E-state index >= 15 is 0 Å². The fourth-order valence-corrected chi connectivity index (χ4v) is 5.22. The van der Waals surface area contributed by atoms with E-state index < -0.39 is 0 Å². The molecule has 0 radical (unpaired) electrons. The summed E-state index contributed by atoms with van der Waals surface area (Å²) in [5.74, 6) is 0.270. The second-order valence-electron chi connectivity index (χ2n) is 8.01. The first-order valence-electron chi connectivity index (χ1n) is 10.8. The van der Waals surface area contributed by atoms with Crippen molar-refractivity contribution in [1.82, 2.24) is 20.2 Å². The predicted molar refractivity (Wildman–Crippen MR) is 115 cm³/mol. The van der Waals surface area contributed by atoms with Gasteiger partial charge in [-0.05, 0) is 63.9 Å². The molecule has 28 heavy (non-hydrogen) atoms. The average molecular weight is 402 g/mol. The van der Waals surface area contributed by atoms with Crippen LogP contribution in [0.4, 0.5) is 5.13 Å². The van der Waals surface area contributed by atoms with Gasteiger partial charge >= 0.3 is 0 Å². The van der Waals surface area contributed by atoms with E-state index in [-0.39, 0.29) is 11.8 Å². The minimum atomic E-state index is 0.0620. The van der Waals surface area contributed by atoms with Crippen LogP contribution in [-0.2, 0) is 4.79 Å². The zero-order valence-corrected chi connectivity index (χ0v) is 17.4. The largest absolute Gasteiger partial charge is 0.356 e. The van der Waals surface area contributed by atoms with Crippen molar-refractivity contribution in [1.29, 1.82) is 0 Å². The molecule has 4 rings (SSSR count). The number of nitrogens with one attached hydrogen (secondary N) is 1. The maximum Gasteiger partial charge on any atom is 0.224 e. The van der Waals surface area contributed by atoms with Gasteiger partial charge in [0.15, 0.2) is 5.13 Å². The van der Waals surface area contributed by atoms with Crippen LogP contribution >= 0.6 is 11.3 Å². The van der Waals surface area contributed by atoms with Crippen molar-refractivity contribution in [2.45, 2.75) is 44.9 Å². The number of thiazole rings is 1. The molecule has 2 fully saturated rings. The normalized spacial score (nSPS) is 21.6. The van der Waals surface area contributed by atoms with Crippen LogP contribution < -0.4 is 10.2 Å². The Morgan fingerprint density at radius 3 is 2.86 bits per heavy atom. The standard InChI is InChI=1S/C21H31N5OS/c27-19(22-11-7-14-25-12-3-1-2-4-13-25)17-8-6-15-26(16-17)21-24-18-9-5-10-23-20(18)28-21/h5,9-10,17H,1-4,6-8,11-16H2,(H,22,27). The van der Waals surface area contributed by atoms with Crippen LogP contribution in [0.15, 0.2) is 18.3 Å². The number of carbonyl (C=O) groups is 1. The van der Waals surface area contributed by atoms with E-state index in [1.807, 2.05) is 18.3 Å². The average Bonchev–Trinajstić information content (AvgIpc) is 3.00. The Kier molecular flexibility index (Phi) is 6.75.